The van der Waals surface area contributed by atoms with Gasteiger partial charge in [-0.05, 0) is 51.8 Å². The molecule has 0 aliphatic carbocycles. The summed E-state index contributed by atoms with van der Waals surface area (Å²) in [5.41, 5.74) is 2.17. The monoisotopic (exact) mass is 314 g/mol. The fourth-order valence-corrected chi connectivity index (χ4v) is 2.21. The van der Waals surface area contributed by atoms with E-state index in [1.54, 1.807) is 7.11 Å². The van der Waals surface area contributed by atoms with Crippen LogP contribution in [-0.4, -0.2) is 29.2 Å². The maximum Gasteiger partial charge on any atom is 0.224 e. The number of aryl methyl sites for hydroxylation is 1. The minimum absolute atomic E-state index is 0.0266. The number of hydrogen-bond donors (Lipinski definition) is 2. The Morgan fingerprint density at radius 1 is 1.09 bits per heavy atom. The molecule has 2 N–H and O–H groups in total. The Labute approximate surface area is 138 Å². The third-order valence-electron chi connectivity index (χ3n) is 3.21. The van der Waals surface area contributed by atoms with Gasteiger partial charge in [0.15, 0.2) is 0 Å². The molecule has 1 aromatic carbocycles. The SMILES string of the molecule is COc1ccc(CCNc2nc(C)cc(NC(C)(C)C)n2)cc1. The highest BCUT2D eigenvalue weighted by molar-refractivity contribution is 5.43. The van der Waals surface area contributed by atoms with Crippen LogP contribution in [0.4, 0.5) is 11.8 Å². The summed E-state index contributed by atoms with van der Waals surface area (Å²) in [7, 11) is 1.68. The molecule has 124 valence electrons. The van der Waals surface area contributed by atoms with Crippen molar-refractivity contribution in [3.8, 4) is 5.75 Å². The van der Waals surface area contributed by atoms with Crippen molar-refractivity contribution in [3.63, 3.8) is 0 Å². The summed E-state index contributed by atoms with van der Waals surface area (Å²) in [6.45, 7) is 9.10. The molecule has 2 rings (SSSR count). The maximum atomic E-state index is 5.17. The number of nitrogens with one attached hydrogen (secondary N) is 2. The largest absolute Gasteiger partial charge is 0.497 e. The molecule has 0 spiro atoms. The van der Waals surface area contributed by atoms with Gasteiger partial charge in [0.2, 0.25) is 5.95 Å². The molecule has 0 radical (unpaired) electrons. The predicted molar refractivity (Wildman–Crippen MR) is 95.3 cm³/mol. The van der Waals surface area contributed by atoms with E-state index in [4.69, 9.17) is 4.74 Å². The van der Waals surface area contributed by atoms with Gasteiger partial charge in [0.1, 0.15) is 11.6 Å². The van der Waals surface area contributed by atoms with E-state index in [-0.39, 0.29) is 5.54 Å². The van der Waals surface area contributed by atoms with Crippen molar-refractivity contribution in [1.82, 2.24) is 9.97 Å². The fraction of sp³-hybridized carbons (Fsp3) is 0.444. The normalized spacial score (nSPS) is 11.2. The topological polar surface area (TPSA) is 59.1 Å². The minimum Gasteiger partial charge on any atom is -0.497 e. The molecule has 0 saturated heterocycles. The van der Waals surface area contributed by atoms with Gasteiger partial charge in [-0.15, -0.1) is 0 Å². The zero-order valence-electron chi connectivity index (χ0n) is 14.6. The van der Waals surface area contributed by atoms with Crippen LogP contribution < -0.4 is 15.4 Å². The lowest BCUT2D eigenvalue weighted by Gasteiger charge is -2.21. The predicted octanol–water partition coefficient (Wildman–Crippen LogP) is 3.66. The summed E-state index contributed by atoms with van der Waals surface area (Å²) >= 11 is 0. The molecule has 1 aromatic heterocycles. The lowest BCUT2D eigenvalue weighted by Crippen LogP contribution is -2.27. The van der Waals surface area contributed by atoms with Gasteiger partial charge >= 0.3 is 0 Å². The van der Waals surface area contributed by atoms with Crippen LogP contribution in [0.25, 0.3) is 0 Å². The van der Waals surface area contributed by atoms with Gasteiger partial charge in [0, 0.05) is 23.8 Å². The van der Waals surface area contributed by atoms with Gasteiger partial charge in [0.25, 0.3) is 0 Å². The van der Waals surface area contributed by atoms with E-state index in [1.165, 1.54) is 5.56 Å². The van der Waals surface area contributed by atoms with Crippen LogP contribution in [0.1, 0.15) is 32.0 Å². The van der Waals surface area contributed by atoms with Crippen LogP contribution in [-0.2, 0) is 6.42 Å². The molecular weight excluding hydrogens is 288 g/mol. The van der Waals surface area contributed by atoms with E-state index >= 15 is 0 Å². The zero-order chi connectivity index (χ0) is 16.9. The summed E-state index contributed by atoms with van der Waals surface area (Å²) in [5.74, 6) is 2.38. The van der Waals surface area contributed by atoms with Gasteiger partial charge in [-0.1, -0.05) is 12.1 Å². The second-order valence-electron chi connectivity index (χ2n) is 6.62. The van der Waals surface area contributed by atoms with Gasteiger partial charge in [-0.3, -0.25) is 0 Å². The number of ether oxygens (including phenoxy) is 1. The first-order chi connectivity index (χ1) is 10.9. The Balaban J connectivity index is 1.94. The molecule has 1 heterocycles. The molecule has 0 unspecified atom stereocenters. The van der Waals surface area contributed by atoms with Crippen molar-refractivity contribution in [3.05, 3.63) is 41.6 Å². The molecule has 23 heavy (non-hydrogen) atoms. The standard InChI is InChI=1S/C18H26N4O/c1-13-12-16(22-18(2,3)4)21-17(20-13)19-11-10-14-6-8-15(23-5)9-7-14/h6-9,12H,10-11H2,1-5H3,(H2,19,20,21,22). The van der Waals surface area contributed by atoms with Crippen LogP contribution in [0.15, 0.2) is 30.3 Å². The molecule has 2 aromatic rings. The summed E-state index contributed by atoms with van der Waals surface area (Å²) in [5, 5.41) is 6.67. The second kappa shape index (κ2) is 7.31. The molecule has 0 aliphatic rings. The summed E-state index contributed by atoms with van der Waals surface area (Å²) in [4.78, 5) is 8.96. The fourth-order valence-electron chi connectivity index (χ4n) is 2.21. The smallest absolute Gasteiger partial charge is 0.224 e. The maximum absolute atomic E-state index is 5.17. The number of anilines is 2. The summed E-state index contributed by atoms with van der Waals surface area (Å²) in [6.07, 6.45) is 0.906. The van der Waals surface area contributed by atoms with Crippen molar-refractivity contribution < 1.29 is 4.74 Å². The van der Waals surface area contributed by atoms with E-state index in [2.05, 4.69) is 53.5 Å². The molecule has 0 atom stereocenters. The highest BCUT2D eigenvalue weighted by Gasteiger charge is 2.11. The van der Waals surface area contributed by atoms with Crippen molar-refractivity contribution in [1.29, 1.82) is 0 Å². The number of methoxy groups -OCH3 is 1. The van der Waals surface area contributed by atoms with E-state index < -0.39 is 0 Å². The Bertz CT molecular complexity index is 632. The third-order valence-corrected chi connectivity index (χ3v) is 3.21. The highest BCUT2D eigenvalue weighted by atomic mass is 16.5. The molecule has 0 amide bonds. The van der Waals surface area contributed by atoms with Gasteiger partial charge in [-0.2, -0.15) is 4.98 Å². The highest BCUT2D eigenvalue weighted by Crippen LogP contribution is 2.15. The molecule has 0 fully saturated rings. The quantitative estimate of drug-likeness (QED) is 0.852. The Kier molecular flexibility index (Phi) is 5.42. The lowest BCUT2D eigenvalue weighted by atomic mass is 10.1. The average Bonchev–Trinajstić information content (AvgIpc) is 2.45. The van der Waals surface area contributed by atoms with Gasteiger partial charge in [-0.25, -0.2) is 4.98 Å². The molecule has 0 bridgehead atoms. The van der Waals surface area contributed by atoms with E-state index in [0.717, 1.165) is 30.2 Å². The number of aromatic nitrogens is 2. The Morgan fingerprint density at radius 3 is 2.39 bits per heavy atom. The molecule has 5 heteroatoms. The van der Waals surface area contributed by atoms with E-state index in [1.807, 2.05) is 25.1 Å². The molecule has 0 aliphatic heterocycles. The van der Waals surface area contributed by atoms with Crippen molar-refractivity contribution >= 4 is 11.8 Å². The van der Waals surface area contributed by atoms with Gasteiger partial charge < -0.3 is 15.4 Å². The van der Waals surface area contributed by atoms with Crippen LogP contribution in [0.3, 0.4) is 0 Å². The number of hydrogen-bond acceptors (Lipinski definition) is 5. The van der Waals surface area contributed by atoms with E-state index in [9.17, 15) is 0 Å². The van der Waals surface area contributed by atoms with Crippen LogP contribution in [0.2, 0.25) is 0 Å². The van der Waals surface area contributed by atoms with E-state index in [0.29, 0.717) is 5.95 Å². The Morgan fingerprint density at radius 2 is 1.78 bits per heavy atom. The average molecular weight is 314 g/mol. The molecule has 0 saturated carbocycles. The van der Waals surface area contributed by atoms with Crippen LogP contribution >= 0.6 is 0 Å². The lowest BCUT2D eigenvalue weighted by molar-refractivity contribution is 0.414. The van der Waals surface area contributed by atoms with Crippen molar-refractivity contribution in [2.75, 3.05) is 24.3 Å². The zero-order valence-corrected chi connectivity index (χ0v) is 14.6. The van der Waals surface area contributed by atoms with Crippen LogP contribution in [0.5, 0.6) is 5.75 Å². The van der Waals surface area contributed by atoms with Crippen molar-refractivity contribution in [2.45, 2.75) is 39.7 Å². The number of benzene rings is 1. The third kappa shape index (κ3) is 5.77. The first kappa shape index (κ1) is 17.1. The number of nitrogens with zero attached hydrogens (tertiary/aromatic N) is 2. The minimum atomic E-state index is -0.0266. The molecule has 5 nitrogen and oxygen atoms in total. The first-order valence-electron chi connectivity index (χ1n) is 7.86. The summed E-state index contributed by atoms with van der Waals surface area (Å²) in [6, 6.07) is 10.1. The van der Waals surface area contributed by atoms with Gasteiger partial charge in [0.05, 0.1) is 7.11 Å². The molecular formula is C18H26N4O. The van der Waals surface area contributed by atoms with Crippen LogP contribution in [0, 0.1) is 6.92 Å². The number of rotatable bonds is 6. The first-order valence-corrected chi connectivity index (χ1v) is 7.86. The van der Waals surface area contributed by atoms with Crippen molar-refractivity contribution in [2.24, 2.45) is 0 Å². The second-order valence-corrected chi connectivity index (χ2v) is 6.62. The summed E-state index contributed by atoms with van der Waals surface area (Å²) < 4.78 is 5.17. The Hall–Kier alpha value is -2.30.